The molecule has 0 radical (unpaired) electrons. The minimum absolute atomic E-state index is 0.0937. The Morgan fingerprint density at radius 3 is 2.80 bits per heavy atom. The zero-order valence-electron chi connectivity index (χ0n) is 12.2. The molecule has 3 heteroatoms. The molecule has 1 atom stereocenters. The van der Waals surface area contributed by atoms with Crippen molar-refractivity contribution in [3.05, 3.63) is 60.9 Å². The van der Waals surface area contributed by atoms with Gasteiger partial charge in [0, 0.05) is 0 Å². The third-order valence-corrected chi connectivity index (χ3v) is 2.57. The summed E-state index contributed by atoms with van der Waals surface area (Å²) in [6.45, 7) is 8.04. The highest BCUT2D eigenvalue weighted by Crippen LogP contribution is 2.03. The Balaban J connectivity index is 1.99. The largest absolute Gasteiger partial charge is 0.497 e. The maximum absolute atomic E-state index is 5.71. The third kappa shape index (κ3) is 8.51. The number of rotatable bonds is 11. The Morgan fingerprint density at radius 1 is 1.25 bits per heavy atom. The normalized spacial score (nSPS) is 12.4. The first-order valence-electron chi connectivity index (χ1n) is 6.93. The molecule has 1 aromatic rings. The molecule has 0 fully saturated rings. The molecular formula is C17H24O3. The minimum Gasteiger partial charge on any atom is -0.497 e. The van der Waals surface area contributed by atoms with Crippen molar-refractivity contribution in [2.75, 3.05) is 19.8 Å². The van der Waals surface area contributed by atoms with Gasteiger partial charge in [0.15, 0.2) is 0 Å². The van der Waals surface area contributed by atoms with Crippen LogP contribution >= 0.6 is 0 Å². The lowest BCUT2D eigenvalue weighted by atomic mass is 10.2. The Morgan fingerprint density at radius 2 is 2.05 bits per heavy atom. The first-order chi connectivity index (χ1) is 9.83. The van der Waals surface area contributed by atoms with Crippen LogP contribution < -0.4 is 0 Å². The lowest BCUT2D eigenvalue weighted by Gasteiger charge is -2.13. The van der Waals surface area contributed by atoms with Crippen molar-refractivity contribution < 1.29 is 14.2 Å². The first-order valence-corrected chi connectivity index (χ1v) is 6.93. The van der Waals surface area contributed by atoms with E-state index < -0.39 is 0 Å². The molecule has 0 saturated carbocycles. The molecule has 0 aliphatic heterocycles. The van der Waals surface area contributed by atoms with Crippen LogP contribution in [0.4, 0.5) is 0 Å². The molecule has 0 aliphatic rings. The van der Waals surface area contributed by atoms with Gasteiger partial charge in [-0.3, -0.25) is 0 Å². The van der Waals surface area contributed by atoms with Crippen molar-refractivity contribution in [3.8, 4) is 0 Å². The Labute approximate surface area is 121 Å². The van der Waals surface area contributed by atoms with Crippen molar-refractivity contribution in [1.82, 2.24) is 0 Å². The average Bonchev–Trinajstić information content (AvgIpc) is 2.49. The molecular weight excluding hydrogens is 252 g/mol. The van der Waals surface area contributed by atoms with Gasteiger partial charge < -0.3 is 14.2 Å². The van der Waals surface area contributed by atoms with E-state index >= 15 is 0 Å². The maximum atomic E-state index is 5.71. The molecule has 0 aliphatic carbocycles. The molecule has 1 unspecified atom stereocenters. The summed E-state index contributed by atoms with van der Waals surface area (Å²) >= 11 is 0. The molecule has 0 aromatic heterocycles. The summed E-state index contributed by atoms with van der Waals surface area (Å²) < 4.78 is 16.4. The van der Waals surface area contributed by atoms with Crippen LogP contribution in [-0.2, 0) is 20.8 Å². The van der Waals surface area contributed by atoms with E-state index in [2.05, 4.69) is 18.7 Å². The van der Waals surface area contributed by atoms with Gasteiger partial charge in [0.05, 0.1) is 32.2 Å². The summed E-state index contributed by atoms with van der Waals surface area (Å²) in [5, 5.41) is 0. The van der Waals surface area contributed by atoms with Gasteiger partial charge in [0.1, 0.15) is 6.61 Å². The number of benzene rings is 1. The molecule has 0 amide bonds. The van der Waals surface area contributed by atoms with Gasteiger partial charge in [-0.2, -0.15) is 0 Å². The molecule has 0 spiro atoms. The second kappa shape index (κ2) is 11.3. The highest BCUT2D eigenvalue weighted by Gasteiger charge is 2.02. The molecule has 1 rings (SSSR count). The smallest absolute Gasteiger partial charge is 0.105 e. The number of hydrogen-bond donors (Lipinski definition) is 0. The highest BCUT2D eigenvalue weighted by molar-refractivity contribution is 5.13. The van der Waals surface area contributed by atoms with E-state index in [9.17, 15) is 0 Å². The molecule has 0 saturated heterocycles. The molecule has 20 heavy (non-hydrogen) atoms. The van der Waals surface area contributed by atoms with Gasteiger partial charge in [-0.05, 0) is 25.0 Å². The van der Waals surface area contributed by atoms with E-state index in [1.807, 2.05) is 31.2 Å². The van der Waals surface area contributed by atoms with E-state index in [0.29, 0.717) is 26.4 Å². The maximum Gasteiger partial charge on any atom is 0.105 e. The number of ether oxygens (including phenoxy) is 3. The second-order valence-electron chi connectivity index (χ2n) is 4.46. The fourth-order valence-electron chi connectivity index (χ4n) is 1.52. The van der Waals surface area contributed by atoms with Gasteiger partial charge in [0.2, 0.25) is 0 Å². The van der Waals surface area contributed by atoms with Crippen LogP contribution in [0.25, 0.3) is 0 Å². The fraction of sp³-hybridized carbons (Fsp3) is 0.412. The van der Waals surface area contributed by atoms with Crippen LogP contribution in [0.1, 0.15) is 18.9 Å². The van der Waals surface area contributed by atoms with Gasteiger partial charge >= 0.3 is 0 Å². The lowest BCUT2D eigenvalue weighted by Crippen LogP contribution is -2.16. The predicted octanol–water partition coefficient (Wildman–Crippen LogP) is 3.71. The number of hydrogen-bond acceptors (Lipinski definition) is 3. The fourth-order valence-corrected chi connectivity index (χ4v) is 1.52. The van der Waals surface area contributed by atoms with Crippen molar-refractivity contribution in [3.63, 3.8) is 0 Å². The molecule has 0 heterocycles. The summed E-state index contributed by atoms with van der Waals surface area (Å²) in [4.78, 5) is 0. The van der Waals surface area contributed by atoms with Crippen molar-refractivity contribution >= 4 is 0 Å². The topological polar surface area (TPSA) is 27.7 Å². The predicted molar refractivity (Wildman–Crippen MR) is 81.4 cm³/mol. The van der Waals surface area contributed by atoms with Crippen LogP contribution in [0.3, 0.4) is 0 Å². The first kappa shape index (κ1) is 16.5. The Bertz CT molecular complexity index is 373. The molecule has 0 bridgehead atoms. The van der Waals surface area contributed by atoms with Gasteiger partial charge in [-0.1, -0.05) is 43.0 Å². The third-order valence-electron chi connectivity index (χ3n) is 2.57. The molecule has 110 valence electrons. The van der Waals surface area contributed by atoms with E-state index in [1.165, 1.54) is 5.56 Å². The second-order valence-corrected chi connectivity index (χ2v) is 4.46. The highest BCUT2D eigenvalue weighted by atomic mass is 16.5. The van der Waals surface area contributed by atoms with Gasteiger partial charge in [-0.25, -0.2) is 0 Å². The summed E-state index contributed by atoms with van der Waals surface area (Å²) in [5.41, 5.74) is 1.18. The molecule has 3 nitrogen and oxygen atoms in total. The summed E-state index contributed by atoms with van der Waals surface area (Å²) in [5.74, 6) is 0. The zero-order chi connectivity index (χ0) is 14.5. The summed E-state index contributed by atoms with van der Waals surface area (Å²) in [6.07, 6.45) is 6.27. The Hall–Kier alpha value is -1.58. The summed E-state index contributed by atoms with van der Waals surface area (Å²) in [6, 6.07) is 10.1. The van der Waals surface area contributed by atoms with E-state index in [4.69, 9.17) is 14.2 Å². The van der Waals surface area contributed by atoms with Crippen LogP contribution in [0.5, 0.6) is 0 Å². The van der Waals surface area contributed by atoms with Crippen LogP contribution in [0.15, 0.2) is 55.3 Å². The average molecular weight is 276 g/mol. The van der Waals surface area contributed by atoms with Crippen LogP contribution in [0.2, 0.25) is 0 Å². The SMILES string of the molecule is C=CCO/C=C/CCOCC(C)OCc1ccccc1. The minimum atomic E-state index is 0.0937. The lowest BCUT2D eigenvalue weighted by molar-refractivity contribution is -0.0137. The molecule has 1 aromatic carbocycles. The van der Waals surface area contributed by atoms with E-state index in [1.54, 1.807) is 12.3 Å². The van der Waals surface area contributed by atoms with Crippen LogP contribution in [-0.4, -0.2) is 25.9 Å². The zero-order valence-corrected chi connectivity index (χ0v) is 12.2. The van der Waals surface area contributed by atoms with Crippen molar-refractivity contribution in [1.29, 1.82) is 0 Å². The van der Waals surface area contributed by atoms with Gasteiger partial charge in [-0.15, -0.1) is 0 Å². The summed E-state index contributed by atoms with van der Waals surface area (Å²) in [7, 11) is 0. The van der Waals surface area contributed by atoms with E-state index in [0.717, 1.165) is 6.42 Å². The van der Waals surface area contributed by atoms with Crippen molar-refractivity contribution in [2.45, 2.75) is 26.1 Å². The Kier molecular flexibility index (Phi) is 9.28. The van der Waals surface area contributed by atoms with Crippen molar-refractivity contribution in [2.24, 2.45) is 0 Å². The quantitative estimate of drug-likeness (QED) is 0.350. The van der Waals surface area contributed by atoms with E-state index in [-0.39, 0.29) is 6.10 Å². The van der Waals surface area contributed by atoms with Crippen LogP contribution in [0, 0.1) is 0 Å². The molecule has 0 N–H and O–H groups in total. The standard InChI is InChI=1S/C17H24O3/c1-3-11-18-12-7-8-13-19-14-16(2)20-15-17-9-5-4-6-10-17/h3-7,9-10,12,16H,1,8,11,13-15H2,2H3/b12-7+. The monoisotopic (exact) mass is 276 g/mol. The van der Waals surface area contributed by atoms with Gasteiger partial charge in [0.25, 0.3) is 0 Å².